The number of aromatic carboxylic acids is 1. The highest BCUT2D eigenvalue weighted by Crippen LogP contribution is 2.26. The zero-order chi connectivity index (χ0) is 19.6. The first-order chi connectivity index (χ1) is 11.7. The van der Waals surface area contributed by atoms with Crippen LogP contribution in [0.4, 0.5) is 0 Å². The van der Waals surface area contributed by atoms with Crippen LogP contribution in [-0.4, -0.2) is 42.9 Å². The van der Waals surface area contributed by atoms with Gasteiger partial charge in [-0.15, -0.1) is 24.2 Å². The standard InChI is InChI=1S/C11H10N2O4S2.C2H8N2.CH3Cl/c12-19(16,17)13-6-5-9(10(13)11(14)15)7-1-3-8(18)4-2-7;3-1-2-4;1-2/h1-6,18H,(H,14,15)(H2,12,16,17);1-4H2;1H3. The van der Waals surface area contributed by atoms with Crippen LogP contribution in [0, 0.1) is 0 Å². The van der Waals surface area contributed by atoms with E-state index >= 15 is 0 Å². The van der Waals surface area contributed by atoms with E-state index < -0.39 is 21.9 Å². The van der Waals surface area contributed by atoms with Gasteiger partial charge in [0.1, 0.15) is 0 Å². The fourth-order valence-electron chi connectivity index (χ4n) is 1.71. The molecule has 0 fully saturated rings. The number of carbonyl (C=O) groups is 1. The number of hydrogen-bond acceptors (Lipinski definition) is 6. The second-order valence-corrected chi connectivity index (χ2v) is 6.29. The molecule has 0 aliphatic carbocycles. The lowest BCUT2D eigenvalue weighted by atomic mass is 10.1. The minimum atomic E-state index is -4.15. The molecule has 0 bridgehead atoms. The van der Waals surface area contributed by atoms with Gasteiger partial charge in [0.25, 0.3) is 0 Å². The molecule has 0 aliphatic heterocycles. The third kappa shape index (κ3) is 7.06. The largest absolute Gasteiger partial charge is 0.477 e. The summed E-state index contributed by atoms with van der Waals surface area (Å²) in [5.74, 6) is -1.37. The molecule has 25 heavy (non-hydrogen) atoms. The van der Waals surface area contributed by atoms with Gasteiger partial charge in [0, 0.05) is 36.1 Å². The Hall–Kier alpha value is -1.56. The van der Waals surface area contributed by atoms with Crippen molar-refractivity contribution in [2.45, 2.75) is 4.90 Å². The van der Waals surface area contributed by atoms with Gasteiger partial charge in [-0.3, -0.25) is 0 Å². The van der Waals surface area contributed by atoms with Gasteiger partial charge in [0.05, 0.1) is 0 Å². The normalized spacial score (nSPS) is 10.2. The molecule has 1 heterocycles. The third-order valence-corrected chi connectivity index (χ3v) is 3.82. The van der Waals surface area contributed by atoms with Gasteiger partial charge in [0.15, 0.2) is 5.69 Å². The van der Waals surface area contributed by atoms with Crippen LogP contribution in [0.5, 0.6) is 0 Å². The Morgan fingerprint density at radius 1 is 1.16 bits per heavy atom. The zero-order valence-corrected chi connectivity index (χ0v) is 15.9. The van der Waals surface area contributed by atoms with Gasteiger partial charge < -0.3 is 16.6 Å². The molecule has 8 nitrogen and oxygen atoms in total. The van der Waals surface area contributed by atoms with E-state index in [0.29, 0.717) is 27.5 Å². The first kappa shape index (κ1) is 23.4. The molecule has 1 aromatic carbocycles. The molecule has 2 rings (SSSR count). The van der Waals surface area contributed by atoms with E-state index in [-0.39, 0.29) is 5.56 Å². The zero-order valence-electron chi connectivity index (χ0n) is 13.5. The molecule has 0 saturated carbocycles. The van der Waals surface area contributed by atoms with Gasteiger partial charge in [-0.25, -0.2) is 13.9 Å². The molecule has 0 saturated heterocycles. The van der Waals surface area contributed by atoms with Crippen molar-refractivity contribution in [2.24, 2.45) is 16.6 Å². The Morgan fingerprint density at radius 2 is 1.64 bits per heavy atom. The van der Waals surface area contributed by atoms with Crippen LogP contribution >= 0.6 is 24.2 Å². The van der Waals surface area contributed by atoms with Crippen molar-refractivity contribution in [3.63, 3.8) is 0 Å². The molecule has 140 valence electrons. The van der Waals surface area contributed by atoms with Crippen molar-refractivity contribution in [1.82, 2.24) is 3.97 Å². The summed E-state index contributed by atoms with van der Waals surface area (Å²) in [7, 11) is -4.15. The van der Waals surface area contributed by atoms with Crippen molar-refractivity contribution in [1.29, 1.82) is 0 Å². The molecule has 0 spiro atoms. The lowest BCUT2D eigenvalue weighted by Crippen LogP contribution is -2.24. The Kier molecular flexibility index (Phi) is 10.4. The van der Waals surface area contributed by atoms with Crippen LogP contribution in [0.1, 0.15) is 10.5 Å². The summed E-state index contributed by atoms with van der Waals surface area (Å²) in [4.78, 5) is 11.9. The summed E-state index contributed by atoms with van der Waals surface area (Å²) < 4.78 is 23.2. The van der Waals surface area contributed by atoms with E-state index in [1.807, 2.05) is 0 Å². The number of benzene rings is 1. The van der Waals surface area contributed by atoms with Crippen LogP contribution in [-0.2, 0) is 10.2 Å². The number of carboxylic acid groups (broad SMARTS) is 1. The topological polar surface area (TPSA) is 154 Å². The van der Waals surface area contributed by atoms with E-state index in [1.165, 1.54) is 12.4 Å². The SMILES string of the molecule is CCl.NCCN.NS(=O)(=O)n1ccc(-c2ccc(S)cc2)c1C(=O)O. The van der Waals surface area contributed by atoms with Crippen LogP contribution in [0.2, 0.25) is 0 Å². The van der Waals surface area contributed by atoms with Crippen molar-refractivity contribution in [2.75, 3.05) is 19.5 Å². The Bertz CT molecular complexity index is 775. The Balaban J connectivity index is 0.000000845. The summed E-state index contributed by atoms with van der Waals surface area (Å²) in [6.07, 6.45) is 2.59. The van der Waals surface area contributed by atoms with Crippen molar-refractivity contribution >= 4 is 40.4 Å². The van der Waals surface area contributed by atoms with Crippen molar-refractivity contribution < 1.29 is 18.3 Å². The number of hydrogen-bond donors (Lipinski definition) is 5. The summed E-state index contributed by atoms with van der Waals surface area (Å²) in [5, 5.41) is 14.1. The second-order valence-electron chi connectivity index (χ2n) is 4.35. The minimum absolute atomic E-state index is 0.273. The number of halogens is 1. The molecule has 0 atom stereocenters. The predicted octanol–water partition coefficient (Wildman–Crippen LogP) is 0.952. The Morgan fingerprint density at radius 3 is 2.00 bits per heavy atom. The number of rotatable bonds is 4. The van der Waals surface area contributed by atoms with E-state index in [0.717, 1.165) is 6.20 Å². The lowest BCUT2D eigenvalue weighted by Gasteiger charge is -2.05. The second kappa shape index (κ2) is 11.1. The maximum Gasteiger partial charge on any atom is 0.354 e. The van der Waals surface area contributed by atoms with Crippen LogP contribution in [0.3, 0.4) is 0 Å². The molecule has 1 aromatic heterocycles. The van der Waals surface area contributed by atoms with Crippen LogP contribution in [0.25, 0.3) is 11.1 Å². The molecular formula is C14H21ClN4O4S2. The monoisotopic (exact) mass is 408 g/mol. The minimum Gasteiger partial charge on any atom is -0.477 e. The molecule has 11 heteroatoms. The summed E-state index contributed by atoms with van der Waals surface area (Å²) in [6.45, 7) is 1.19. The highest BCUT2D eigenvalue weighted by molar-refractivity contribution is 7.87. The number of nitrogens with two attached hydrogens (primary N) is 3. The van der Waals surface area contributed by atoms with Gasteiger partial charge >= 0.3 is 16.2 Å². The van der Waals surface area contributed by atoms with Crippen molar-refractivity contribution in [3.05, 3.63) is 42.2 Å². The number of nitrogens with zero attached hydrogens (tertiary/aromatic N) is 1. The summed E-state index contributed by atoms with van der Waals surface area (Å²) in [5.41, 5.74) is 10.3. The van der Waals surface area contributed by atoms with E-state index in [4.69, 9.17) is 21.7 Å². The predicted molar refractivity (Wildman–Crippen MR) is 102 cm³/mol. The maximum absolute atomic E-state index is 11.3. The molecule has 0 radical (unpaired) electrons. The van der Waals surface area contributed by atoms with Gasteiger partial charge in [-0.2, -0.15) is 8.42 Å². The average molecular weight is 409 g/mol. The van der Waals surface area contributed by atoms with Gasteiger partial charge in [-0.1, -0.05) is 12.1 Å². The summed E-state index contributed by atoms with van der Waals surface area (Å²) >= 11 is 8.76. The third-order valence-electron chi connectivity index (χ3n) is 2.67. The highest BCUT2D eigenvalue weighted by Gasteiger charge is 2.22. The van der Waals surface area contributed by atoms with E-state index in [9.17, 15) is 13.2 Å². The molecule has 2 aromatic rings. The lowest BCUT2D eigenvalue weighted by molar-refractivity contribution is 0.0690. The highest BCUT2D eigenvalue weighted by atomic mass is 35.5. The Labute approximate surface area is 157 Å². The molecule has 0 unspecified atom stereocenters. The van der Waals surface area contributed by atoms with E-state index in [2.05, 4.69) is 24.2 Å². The number of carboxylic acids is 1. The van der Waals surface area contributed by atoms with Crippen molar-refractivity contribution in [3.8, 4) is 11.1 Å². The first-order valence-corrected chi connectivity index (χ1v) is 9.48. The number of thiol groups is 1. The maximum atomic E-state index is 11.3. The molecule has 0 amide bonds. The first-order valence-electron chi connectivity index (χ1n) is 6.77. The summed E-state index contributed by atoms with van der Waals surface area (Å²) in [6, 6.07) is 8.05. The number of alkyl halides is 1. The van der Waals surface area contributed by atoms with E-state index in [1.54, 1.807) is 24.3 Å². The number of aromatic nitrogens is 1. The van der Waals surface area contributed by atoms with Crippen LogP contribution < -0.4 is 16.6 Å². The van der Waals surface area contributed by atoms with Crippen LogP contribution in [0.15, 0.2) is 41.4 Å². The van der Waals surface area contributed by atoms with Gasteiger partial charge in [-0.05, 0) is 23.8 Å². The molecule has 7 N–H and O–H groups in total. The molecular weight excluding hydrogens is 388 g/mol. The van der Waals surface area contributed by atoms with Gasteiger partial charge in [0.2, 0.25) is 0 Å². The fraction of sp³-hybridized carbons (Fsp3) is 0.214. The average Bonchev–Trinajstić information content (AvgIpc) is 3.03. The smallest absolute Gasteiger partial charge is 0.354 e. The quantitative estimate of drug-likeness (QED) is 0.374. The molecule has 0 aliphatic rings. The fourth-order valence-corrected chi connectivity index (χ4v) is 2.52.